The highest BCUT2D eigenvalue weighted by Gasteiger charge is 2.14. The van der Waals surface area contributed by atoms with Crippen molar-refractivity contribution in [1.82, 2.24) is 15.4 Å². The van der Waals surface area contributed by atoms with Crippen molar-refractivity contribution in [2.75, 3.05) is 6.26 Å². The van der Waals surface area contributed by atoms with E-state index in [0.29, 0.717) is 5.69 Å². The molecule has 3 N–H and O–H groups in total. The maximum atomic E-state index is 11.3. The number of aromatic amines is 1. The lowest BCUT2D eigenvalue weighted by Gasteiger charge is -2.04. The molecule has 0 saturated heterocycles. The van der Waals surface area contributed by atoms with Crippen LogP contribution in [0.4, 0.5) is 0 Å². The van der Waals surface area contributed by atoms with Crippen LogP contribution >= 0.6 is 11.8 Å². The Morgan fingerprint density at radius 3 is 2.05 bits per heavy atom. The van der Waals surface area contributed by atoms with E-state index in [2.05, 4.69) is 45.9 Å². The minimum Gasteiger partial charge on any atom is -0.364 e. The maximum absolute atomic E-state index is 11.3. The summed E-state index contributed by atoms with van der Waals surface area (Å²) in [5, 5.41) is 10.2. The number of hydrogen-bond acceptors (Lipinski definition) is 4. The number of hydrogen-bond donors (Lipinski definition) is 2. The number of H-pyrrole nitrogens is 1. The Balaban J connectivity index is 1.92. The van der Waals surface area contributed by atoms with Crippen LogP contribution < -0.4 is 5.73 Å². The van der Waals surface area contributed by atoms with E-state index in [4.69, 9.17) is 5.73 Å². The molecule has 0 spiro atoms. The number of primary amides is 1. The molecule has 2 aromatic carbocycles. The van der Waals surface area contributed by atoms with Crippen molar-refractivity contribution in [3.05, 3.63) is 54.2 Å². The fraction of sp³-hybridized carbons (Fsp3) is 0.0625. The highest BCUT2D eigenvalue weighted by atomic mass is 32.2. The third-order valence-corrected chi connectivity index (χ3v) is 4.11. The minimum absolute atomic E-state index is 0.150. The summed E-state index contributed by atoms with van der Waals surface area (Å²) in [6, 6.07) is 16.2. The van der Waals surface area contributed by atoms with Crippen LogP contribution in [0.5, 0.6) is 0 Å². The van der Waals surface area contributed by atoms with Crippen LogP contribution in [0.1, 0.15) is 10.5 Å². The maximum Gasteiger partial charge on any atom is 0.271 e. The van der Waals surface area contributed by atoms with Gasteiger partial charge in [0.1, 0.15) is 5.69 Å². The zero-order chi connectivity index (χ0) is 15.5. The Morgan fingerprint density at radius 1 is 0.955 bits per heavy atom. The molecule has 0 unspecified atom stereocenters. The van der Waals surface area contributed by atoms with Crippen LogP contribution in [0.3, 0.4) is 0 Å². The van der Waals surface area contributed by atoms with Crippen LogP contribution in [0.15, 0.2) is 53.4 Å². The number of benzene rings is 2. The molecular weight excluding hydrogens is 296 g/mol. The van der Waals surface area contributed by atoms with Crippen molar-refractivity contribution < 1.29 is 4.79 Å². The van der Waals surface area contributed by atoms with Crippen LogP contribution in [-0.4, -0.2) is 27.6 Å². The van der Waals surface area contributed by atoms with Crippen molar-refractivity contribution in [3.8, 4) is 22.4 Å². The summed E-state index contributed by atoms with van der Waals surface area (Å²) in [5.41, 5.74) is 8.93. The van der Waals surface area contributed by atoms with Gasteiger partial charge in [0.25, 0.3) is 5.91 Å². The van der Waals surface area contributed by atoms with Gasteiger partial charge in [0.2, 0.25) is 0 Å². The van der Waals surface area contributed by atoms with Gasteiger partial charge in [-0.25, -0.2) is 0 Å². The molecule has 3 rings (SSSR count). The van der Waals surface area contributed by atoms with Crippen molar-refractivity contribution in [1.29, 1.82) is 0 Å². The Kier molecular flexibility index (Phi) is 3.93. The van der Waals surface area contributed by atoms with Gasteiger partial charge in [0.15, 0.2) is 5.69 Å². The van der Waals surface area contributed by atoms with Gasteiger partial charge in [-0.3, -0.25) is 4.79 Å². The fourth-order valence-electron chi connectivity index (χ4n) is 2.21. The summed E-state index contributed by atoms with van der Waals surface area (Å²) < 4.78 is 0. The molecule has 3 aromatic rings. The zero-order valence-electron chi connectivity index (χ0n) is 11.9. The molecule has 0 radical (unpaired) electrons. The quantitative estimate of drug-likeness (QED) is 0.726. The van der Waals surface area contributed by atoms with Gasteiger partial charge in [0.05, 0.1) is 0 Å². The van der Waals surface area contributed by atoms with Gasteiger partial charge < -0.3 is 5.73 Å². The van der Waals surface area contributed by atoms with E-state index in [0.717, 1.165) is 16.7 Å². The number of amides is 1. The Bertz CT molecular complexity index is 794. The van der Waals surface area contributed by atoms with E-state index in [1.807, 2.05) is 24.3 Å². The van der Waals surface area contributed by atoms with E-state index < -0.39 is 5.91 Å². The molecule has 0 aliphatic carbocycles. The monoisotopic (exact) mass is 310 g/mol. The van der Waals surface area contributed by atoms with Crippen LogP contribution in [-0.2, 0) is 0 Å². The number of aromatic nitrogens is 3. The predicted molar refractivity (Wildman–Crippen MR) is 87.6 cm³/mol. The van der Waals surface area contributed by atoms with Gasteiger partial charge in [-0.15, -0.1) is 11.8 Å². The molecule has 1 heterocycles. The highest BCUT2D eigenvalue weighted by Crippen LogP contribution is 2.26. The highest BCUT2D eigenvalue weighted by molar-refractivity contribution is 7.98. The SMILES string of the molecule is CSc1ccc(-c2ccc(-c3n[nH]nc3C(N)=O)cc2)cc1. The van der Waals surface area contributed by atoms with Crippen molar-refractivity contribution >= 4 is 17.7 Å². The number of thioether (sulfide) groups is 1. The van der Waals surface area contributed by atoms with E-state index in [-0.39, 0.29) is 5.69 Å². The molecule has 0 atom stereocenters. The second-order valence-corrected chi connectivity index (χ2v) is 5.57. The van der Waals surface area contributed by atoms with Gasteiger partial charge >= 0.3 is 0 Å². The van der Waals surface area contributed by atoms with E-state index in [1.165, 1.54) is 4.90 Å². The van der Waals surface area contributed by atoms with Gasteiger partial charge in [-0.05, 0) is 29.5 Å². The van der Waals surface area contributed by atoms with Crippen molar-refractivity contribution in [3.63, 3.8) is 0 Å². The Morgan fingerprint density at radius 2 is 1.50 bits per heavy atom. The summed E-state index contributed by atoms with van der Waals surface area (Å²) in [4.78, 5) is 12.5. The topological polar surface area (TPSA) is 84.7 Å². The molecule has 6 heteroatoms. The molecular formula is C16H14N4OS. The second kappa shape index (κ2) is 6.03. The molecule has 1 aromatic heterocycles. The third kappa shape index (κ3) is 2.73. The first-order valence-corrected chi connectivity index (χ1v) is 7.87. The lowest BCUT2D eigenvalue weighted by atomic mass is 10.0. The molecule has 0 saturated carbocycles. The number of nitrogens with two attached hydrogens (primary N) is 1. The number of carbonyl (C=O) groups is 1. The first-order chi connectivity index (χ1) is 10.7. The van der Waals surface area contributed by atoms with Crippen LogP contribution in [0.2, 0.25) is 0 Å². The fourth-order valence-corrected chi connectivity index (χ4v) is 2.62. The molecule has 0 aliphatic rings. The standard InChI is InChI=1S/C16H14N4OS/c1-22-13-8-6-11(7-9-13)10-2-4-12(5-3-10)14-15(16(17)21)19-20-18-14/h2-9H,1H3,(H2,17,21)(H,18,19,20). The summed E-state index contributed by atoms with van der Waals surface area (Å²) in [7, 11) is 0. The van der Waals surface area contributed by atoms with Crippen molar-refractivity contribution in [2.24, 2.45) is 5.73 Å². The van der Waals surface area contributed by atoms with Crippen LogP contribution in [0.25, 0.3) is 22.4 Å². The zero-order valence-corrected chi connectivity index (χ0v) is 12.7. The number of nitrogens with one attached hydrogen (secondary N) is 1. The van der Waals surface area contributed by atoms with Crippen molar-refractivity contribution in [2.45, 2.75) is 4.90 Å². The average molecular weight is 310 g/mol. The normalized spacial score (nSPS) is 10.6. The largest absolute Gasteiger partial charge is 0.364 e. The average Bonchev–Trinajstić information content (AvgIpc) is 3.05. The second-order valence-electron chi connectivity index (χ2n) is 4.69. The molecule has 0 fully saturated rings. The van der Waals surface area contributed by atoms with E-state index in [1.54, 1.807) is 11.8 Å². The molecule has 5 nitrogen and oxygen atoms in total. The summed E-state index contributed by atoms with van der Waals surface area (Å²) >= 11 is 1.72. The van der Waals surface area contributed by atoms with Gasteiger partial charge in [-0.1, -0.05) is 36.4 Å². The van der Waals surface area contributed by atoms with Crippen LogP contribution in [0, 0.1) is 0 Å². The molecule has 22 heavy (non-hydrogen) atoms. The first kappa shape index (κ1) is 14.3. The summed E-state index contributed by atoms with van der Waals surface area (Å²) in [6.45, 7) is 0. The third-order valence-electron chi connectivity index (χ3n) is 3.36. The Hall–Kier alpha value is -2.60. The first-order valence-electron chi connectivity index (χ1n) is 6.64. The summed E-state index contributed by atoms with van der Waals surface area (Å²) in [5.74, 6) is -0.597. The number of nitrogens with zero attached hydrogens (tertiary/aromatic N) is 2. The molecule has 1 amide bonds. The summed E-state index contributed by atoms with van der Waals surface area (Å²) in [6.07, 6.45) is 2.05. The minimum atomic E-state index is -0.597. The lowest BCUT2D eigenvalue weighted by Crippen LogP contribution is -2.12. The smallest absolute Gasteiger partial charge is 0.271 e. The number of carbonyl (C=O) groups excluding carboxylic acids is 1. The molecule has 110 valence electrons. The van der Waals surface area contributed by atoms with Gasteiger partial charge in [0, 0.05) is 10.5 Å². The van der Waals surface area contributed by atoms with Gasteiger partial charge in [-0.2, -0.15) is 15.4 Å². The Labute approximate surface area is 131 Å². The lowest BCUT2D eigenvalue weighted by molar-refractivity contribution is 0.0996. The number of rotatable bonds is 4. The molecule has 0 aliphatic heterocycles. The van der Waals surface area contributed by atoms with E-state index in [9.17, 15) is 4.79 Å². The predicted octanol–water partition coefficient (Wildman–Crippen LogP) is 2.96. The molecule has 0 bridgehead atoms. The van der Waals surface area contributed by atoms with E-state index >= 15 is 0 Å².